The summed E-state index contributed by atoms with van der Waals surface area (Å²) in [6, 6.07) is 7.18. The summed E-state index contributed by atoms with van der Waals surface area (Å²) in [4.78, 5) is 2.41. The number of nitrogens with one attached hydrogen (secondary N) is 1. The fourth-order valence-electron chi connectivity index (χ4n) is 2.13. The zero-order valence-electron chi connectivity index (χ0n) is 11.0. The van der Waals surface area contributed by atoms with Crippen LogP contribution in [0.5, 0.6) is 5.75 Å². The highest BCUT2D eigenvalue weighted by Crippen LogP contribution is 2.20. The Morgan fingerprint density at radius 1 is 1.41 bits per heavy atom. The van der Waals surface area contributed by atoms with Crippen molar-refractivity contribution in [3.63, 3.8) is 0 Å². The first-order chi connectivity index (χ1) is 8.20. The van der Waals surface area contributed by atoms with Gasteiger partial charge in [-0.15, -0.1) is 0 Å². The molecular weight excluding hydrogens is 212 g/mol. The Morgan fingerprint density at radius 3 is 2.71 bits per heavy atom. The second-order valence-corrected chi connectivity index (χ2v) is 4.76. The Morgan fingerprint density at radius 2 is 2.18 bits per heavy atom. The van der Waals surface area contributed by atoms with Crippen molar-refractivity contribution in [3.8, 4) is 5.75 Å². The van der Waals surface area contributed by atoms with E-state index in [1.165, 1.54) is 11.1 Å². The lowest BCUT2D eigenvalue weighted by Gasteiger charge is -2.35. The lowest BCUT2D eigenvalue weighted by Crippen LogP contribution is -2.55. The van der Waals surface area contributed by atoms with Crippen LogP contribution in [0.15, 0.2) is 18.2 Å². The molecule has 1 aliphatic heterocycles. The predicted octanol–water partition coefficient (Wildman–Crippen LogP) is 1.80. The molecular formula is C14H22N2O. The second kappa shape index (κ2) is 5.52. The maximum Gasteiger partial charge on any atom is 0.122 e. The van der Waals surface area contributed by atoms with Crippen LogP contribution in [0, 0.1) is 6.92 Å². The number of aryl methyl sites for hydroxylation is 1. The third-order valence-electron chi connectivity index (χ3n) is 3.35. The molecule has 0 aliphatic carbocycles. The second-order valence-electron chi connectivity index (χ2n) is 4.76. The molecule has 1 saturated heterocycles. The van der Waals surface area contributed by atoms with Crippen molar-refractivity contribution in [2.75, 3.05) is 26.7 Å². The van der Waals surface area contributed by atoms with E-state index in [-0.39, 0.29) is 0 Å². The van der Waals surface area contributed by atoms with Crippen LogP contribution in [0.3, 0.4) is 0 Å². The SMILES string of the molecule is CCOc1ccc(CN(C)C2CNC2)cc1C. The van der Waals surface area contributed by atoms with Gasteiger partial charge >= 0.3 is 0 Å². The van der Waals surface area contributed by atoms with E-state index in [0.29, 0.717) is 6.04 Å². The van der Waals surface area contributed by atoms with Gasteiger partial charge in [0.15, 0.2) is 0 Å². The summed E-state index contributed by atoms with van der Waals surface area (Å²) in [6.45, 7) is 8.11. The molecule has 3 nitrogen and oxygen atoms in total. The molecule has 1 aromatic rings. The lowest BCUT2D eigenvalue weighted by molar-refractivity contribution is 0.173. The molecule has 17 heavy (non-hydrogen) atoms. The molecule has 0 atom stereocenters. The largest absolute Gasteiger partial charge is 0.494 e. The minimum absolute atomic E-state index is 0.696. The molecule has 0 aromatic heterocycles. The average molecular weight is 234 g/mol. The van der Waals surface area contributed by atoms with Crippen molar-refractivity contribution in [2.45, 2.75) is 26.4 Å². The average Bonchev–Trinajstić information content (AvgIpc) is 2.19. The quantitative estimate of drug-likeness (QED) is 0.840. The van der Waals surface area contributed by atoms with Gasteiger partial charge in [-0.1, -0.05) is 12.1 Å². The number of hydrogen-bond donors (Lipinski definition) is 1. The lowest BCUT2D eigenvalue weighted by atomic mass is 10.1. The van der Waals surface area contributed by atoms with E-state index >= 15 is 0 Å². The zero-order chi connectivity index (χ0) is 12.3. The van der Waals surface area contributed by atoms with Gasteiger partial charge in [0.1, 0.15) is 5.75 Å². The minimum Gasteiger partial charge on any atom is -0.494 e. The molecule has 1 aromatic carbocycles. The number of benzene rings is 1. The van der Waals surface area contributed by atoms with Gasteiger partial charge in [0.2, 0.25) is 0 Å². The van der Waals surface area contributed by atoms with Crippen molar-refractivity contribution in [3.05, 3.63) is 29.3 Å². The van der Waals surface area contributed by atoms with E-state index in [1.54, 1.807) is 0 Å². The third kappa shape index (κ3) is 2.99. The maximum atomic E-state index is 5.55. The molecule has 94 valence electrons. The van der Waals surface area contributed by atoms with Gasteiger partial charge in [-0.05, 0) is 38.1 Å². The first-order valence-electron chi connectivity index (χ1n) is 6.34. The molecule has 1 aliphatic rings. The van der Waals surface area contributed by atoms with Gasteiger partial charge < -0.3 is 10.1 Å². The normalized spacial score (nSPS) is 16.0. The number of likely N-dealkylation sites (N-methyl/N-ethyl adjacent to an activating group) is 1. The van der Waals surface area contributed by atoms with Gasteiger partial charge in [-0.2, -0.15) is 0 Å². The van der Waals surface area contributed by atoms with Crippen molar-refractivity contribution in [1.29, 1.82) is 0 Å². The summed E-state index contributed by atoms with van der Waals surface area (Å²) in [5.41, 5.74) is 2.59. The predicted molar refractivity (Wildman–Crippen MR) is 70.5 cm³/mol. The van der Waals surface area contributed by atoms with Crippen LogP contribution in [0.25, 0.3) is 0 Å². The number of hydrogen-bond acceptors (Lipinski definition) is 3. The Bertz CT molecular complexity index is 374. The summed E-state index contributed by atoms with van der Waals surface area (Å²) < 4.78 is 5.55. The first kappa shape index (κ1) is 12.4. The molecule has 0 amide bonds. The van der Waals surface area contributed by atoms with Gasteiger partial charge in [-0.3, -0.25) is 4.90 Å². The van der Waals surface area contributed by atoms with Crippen LogP contribution in [-0.2, 0) is 6.54 Å². The minimum atomic E-state index is 0.696. The van der Waals surface area contributed by atoms with E-state index < -0.39 is 0 Å². The maximum absolute atomic E-state index is 5.55. The standard InChI is InChI=1S/C14H22N2O/c1-4-17-14-6-5-12(7-11(14)2)10-16(3)13-8-15-9-13/h5-7,13,15H,4,8-10H2,1-3H3. The Labute approximate surface area is 104 Å². The van der Waals surface area contributed by atoms with Crippen molar-refractivity contribution < 1.29 is 4.74 Å². The van der Waals surface area contributed by atoms with E-state index in [0.717, 1.165) is 32.0 Å². The molecule has 3 heteroatoms. The van der Waals surface area contributed by atoms with Gasteiger partial charge in [-0.25, -0.2) is 0 Å². The Kier molecular flexibility index (Phi) is 4.02. The molecule has 1 fully saturated rings. The number of nitrogens with zero attached hydrogens (tertiary/aromatic N) is 1. The molecule has 0 spiro atoms. The molecule has 1 heterocycles. The molecule has 1 N–H and O–H groups in total. The summed E-state index contributed by atoms with van der Waals surface area (Å²) in [6.07, 6.45) is 0. The van der Waals surface area contributed by atoms with Crippen LogP contribution >= 0.6 is 0 Å². The van der Waals surface area contributed by atoms with Crippen LogP contribution < -0.4 is 10.1 Å². The van der Waals surface area contributed by atoms with Crippen molar-refractivity contribution in [1.82, 2.24) is 10.2 Å². The first-order valence-corrected chi connectivity index (χ1v) is 6.34. The van der Waals surface area contributed by atoms with E-state index in [1.807, 2.05) is 6.92 Å². The molecule has 0 radical (unpaired) electrons. The Balaban J connectivity index is 1.98. The topological polar surface area (TPSA) is 24.5 Å². The summed E-state index contributed by atoms with van der Waals surface area (Å²) in [5, 5.41) is 3.30. The molecule has 0 unspecified atom stereocenters. The Hall–Kier alpha value is -1.06. The molecule has 0 bridgehead atoms. The fraction of sp³-hybridized carbons (Fsp3) is 0.571. The van der Waals surface area contributed by atoms with Crippen LogP contribution in [0.1, 0.15) is 18.1 Å². The van der Waals surface area contributed by atoms with Crippen LogP contribution in [0.4, 0.5) is 0 Å². The summed E-state index contributed by atoms with van der Waals surface area (Å²) >= 11 is 0. The molecule has 2 rings (SSSR count). The van der Waals surface area contributed by atoms with Gasteiger partial charge in [0.05, 0.1) is 6.61 Å². The van der Waals surface area contributed by atoms with E-state index in [9.17, 15) is 0 Å². The highest BCUT2D eigenvalue weighted by molar-refractivity contribution is 5.36. The van der Waals surface area contributed by atoms with Crippen LogP contribution in [-0.4, -0.2) is 37.7 Å². The third-order valence-corrected chi connectivity index (χ3v) is 3.35. The highest BCUT2D eigenvalue weighted by atomic mass is 16.5. The van der Waals surface area contributed by atoms with Crippen molar-refractivity contribution in [2.24, 2.45) is 0 Å². The monoisotopic (exact) mass is 234 g/mol. The van der Waals surface area contributed by atoms with Gasteiger partial charge in [0, 0.05) is 25.7 Å². The van der Waals surface area contributed by atoms with Gasteiger partial charge in [0.25, 0.3) is 0 Å². The van der Waals surface area contributed by atoms with E-state index in [4.69, 9.17) is 4.74 Å². The zero-order valence-corrected chi connectivity index (χ0v) is 11.0. The smallest absolute Gasteiger partial charge is 0.122 e. The van der Waals surface area contributed by atoms with Crippen molar-refractivity contribution >= 4 is 0 Å². The summed E-state index contributed by atoms with van der Waals surface area (Å²) in [5.74, 6) is 1.00. The fourth-order valence-corrected chi connectivity index (χ4v) is 2.13. The summed E-state index contributed by atoms with van der Waals surface area (Å²) in [7, 11) is 2.19. The number of ether oxygens (including phenoxy) is 1. The van der Waals surface area contributed by atoms with E-state index in [2.05, 4.69) is 42.4 Å². The highest BCUT2D eigenvalue weighted by Gasteiger charge is 2.21. The van der Waals surface area contributed by atoms with Crippen LogP contribution in [0.2, 0.25) is 0 Å². The number of rotatable bonds is 5. The molecule has 0 saturated carbocycles.